The Morgan fingerprint density at radius 3 is 2.08 bits per heavy atom. The van der Waals surface area contributed by atoms with Crippen LogP contribution >= 0.6 is 0 Å². The van der Waals surface area contributed by atoms with E-state index in [0.29, 0.717) is 5.54 Å². The third kappa shape index (κ3) is 6.09. The van der Waals surface area contributed by atoms with Crippen molar-refractivity contribution in [3.8, 4) is 0 Å². The molecule has 0 saturated carbocycles. The zero-order valence-corrected chi connectivity index (χ0v) is 10.3. The molecule has 1 nitrogen and oxygen atoms in total. The van der Waals surface area contributed by atoms with Gasteiger partial charge in [-0.1, -0.05) is 27.7 Å². The minimum absolute atomic E-state index is 0.317. The molecule has 1 atom stereocenters. The Balaban J connectivity index is 3.73. The van der Waals surface area contributed by atoms with Crippen LogP contribution in [0.2, 0.25) is 0 Å². The first kappa shape index (κ1) is 13.0. The van der Waals surface area contributed by atoms with Crippen LogP contribution in [0.15, 0.2) is 0 Å². The van der Waals surface area contributed by atoms with Crippen LogP contribution in [0.5, 0.6) is 0 Å². The van der Waals surface area contributed by atoms with Crippen molar-refractivity contribution in [3.63, 3.8) is 0 Å². The highest BCUT2D eigenvalue weighted by Gasteiger charge is 2.17. The standard InChI is InChI=1S/C12H27N/c1-7-13-12(5,6)9-8-11(4)10(2)3/h10-11,13H,7-9H2,1-6H3. The van der Waals surface area contributed by atoms with Crippen molar-refractivity contribution in [1.29, 1.82) is 0 Å². The Labute approximate surface area is 84.3 Å². The molecule has 0 radical (unpaired) electrons. The van der Waals surface area contributed by atoms with Crippen LogP contribution in [-0.4, -0.2) is 12.1 Å². The van der Waals surface area contributed by atoms with Gasteiger partial charge in [-0.15, -0.1) is 0 Å². The Morgan fingerprint density at radius 1 is 1.15 bits per heavy atom. The van der Waals surface area contributed by atoms with Crippen LogP contribution in [-0.2, 0) is 0 Å². The lowest BCUT2D eigenvalue weighted by Gasteiger charge is -2.28. The van der Waals surface area contributed by atoms with E-state index in [4.69, 9.17) is 0 Å². The Bertz CT molecular complexity index is 127. The molecule has 1 heteroatoms. The molecule has 0 aromatic rings. The molecule has 0 aromatic carbocycles. The molecule has 0 saturated heterocycles. The molecule has 0 heterocycles. The number of rotatable bonds is 6. The quantitative estimate of drug-likeness (QED) is 0.668. The maximum Gasteiger partial charge on any atom is 0.0125 e. The Morgan fingerprint density at radius 2 is 1.69 bits per heavy atom. The molecule has 0 aliphatic heterocycles. The fourth-order valence-electron chi connectivity index (χ4n) is 1.49. The van der Waals surface area contributed by atoms with Gasteiger partial charge in [-0.2, -0.15) is 0 Å². The van der Waals surface area contributed by atoms with Gasteiger partial charge in [-0.05, 0) is 45.1 Å². The predicted octanol–water partition coefficient (Wildman–Crippen LogP) is 3.45. The summed E-state index contributed by atoms with van der Waals surface area (Å²) >= 11 is 0. The smallest absolute Gasteiger partial charge is 0.0125 e. The third-order valence-corrected chi connectivity index (χ3v) is 3.02. The van der Waals surface area contributed by atoms with Gasteiger partial charge < -0.3 is 5.32 Å². The van der Waals surface area contributed by atoms with Crippen molar-refractivity contribution in [2.45, 2.75) is 59.9 Å². The molecular weight excluding hydrogens is 158 g/mol. The molecule has 1 unspecified atom stereocenters. The van der Waals surface area contributed by atoms with E-state index in [2.05, 4.69) is 46.9 Å². The molecular formula is C12H27N. The van der Waals surface area contributed by atoms with Crippen molar-refractivity contribution < 1.29 is 0 Å². The highest BCUT2D eigenvalue weighted by molar-refractivity contribution is 4.77. The maximum absolute atomic E-state index is 3.52. The van der Waals surface area contributed by atoms with E-state index in [9.17, 15) is 0 Å². The lowest BCUT2D eigenvalue weighted by Crippen LogP contribution is -2.39. The topological polar surface area (TPSA) is 12.0 Å². The molecule has 0 aromatic heterocycles. The van der Waals surface area contributed by atoms with Gasteiger partial charge in [-0.25, -0.2) is 0 Å². The molecule has 0 fully saturated rings. The Kier molecular flexibility index (Phi) is 5.62. The molecule has 13 heavy (non-hydrogen) atoms. The summed E-state index contributed by atoms with van der Waals surface area (Å²) in [5, 5.41) is 3.52. The number of nitrogens with one attached hydrogen (secondary N) is 1. The van der Waals surface area contributed by atoms with Gasteiger partial charge in [0.15, 0.2) is 0 Å². The van der Waals surface area contributed by atoms with Crippen molar-refractivity contribution in [2.24, 2.45) is 11.8 Å². The summed E-state index contributed by atoms with van der Waals surface area (Å²) in [4.78, 5) is 0. The van der Waals surface area contributed by atoms with Crippen LogP contribution < -0.4 is 5.32 Å². The van der Waals surface area contributed by atoms with Crippen molar-refractivity contribution in [3.05, 3.63) is 0 Å². The monoisotopic (exact) mass is 185 g/mol. The lowest BCUT2D eigenvalue weighted by molar-refractivity contribution is 0.300. The van der Waals surface area contributed by atoms with Gasteiger partial charge in [0.2, 0.25) is 0 Å². The van der Waals surface area contributed by atoms with Gasteiger partial charge in [0.1, 0.15) is 0 Å². The molecule has 0 bridgehead atoms. The molecule has 80 valence electrons. The molecule has 0 amide bonds. The Hall–Kier alpha value is -0.0400. The summed E-state index contributed by atoms with van der Waals surface area (Å²) in [5.41, 5.74) is 0.317. The first-order valence-corrected chi connectivity index (χ1v) is 5.64. The van der Waals surface area contributed by atoms with Gasteiger partial charge >= 0.3 is 0 Å². The van der Waals surface area contributed by atoms with Gasteiger partial charge in [-0.3, -0.25) is 0 Å². The van der Waals surface area contributed by atoms with Gasteiger partial charge in [0.25, 0.3) is 0 Å². The van der Waals surface area contributed by atoms with Crippen LogP contribution in [0.4, 0.5) is 0 Å². The second-order valence-corrected chi connectivity index (χ2v) is 5.17. The molecule has 0 spiro atoms. The van der Waals surface area contributed by atoms with Gasteiger partial charge in [0, 0.05) is 5.54 Å². The summed E-state index contributed by atoms with van der Waals surface area (Å²) in [5.74, 6) is 1.66. The summed E-state index contributed by atoms with van der Waals surface area (Å²) in [6, 6.07) is 0. The fraction of sp³-hybridized carbons (Fsp3) is 1.00. The summed E-state index contributed by atoms with van der Waals surface area (Å²) in [7, 11) is 0. The molecule has 0 rings (SSSR count). The van der Waals surface area contributed by atoms with Crippen LogP contribution in [0.1, 0.15) is 54.4 Å². The first-order chi connectivity index (χ1) is 5.89. The van der Waals surface area contributed by atoms with Crippen molar-refractivity contribution in [2.75, 3.05) is 6.54 Å². The summed E-state index contributed by atoms with van der Waals surface area (Å²) in [6.07, 6.45) is 2.61. The van der Waals surface area contributed by atoms with Crippen LogP contribution in [0.3, 0.4) is 0 Å². The minimum atomic E-state index is 0.317. The van der Waals surface area contributed by atoms with E-state index in [0.717, 1.165) is 18.4 Å². The largest absolute Gasteiger partial charge is 0.312 e. The zero-order valence-electron chi connectivity index (χ0n) is 10.3. The van der Waals surface area contributed by atoms with E-state index in [-0.39, 0.29) is 0 Å². The SMILES string of the molecule is CCNC(C)(C)CCC(C)C(C)C. The van der Waals surface area contributed by atoms with E-state index in [1.807, 2.05) is 0 Å². The van der Waals surface area contributed by atoms with Crippen LogP contribution in [0.25, 0.3) is 0 Å². The lowest BCUT2D eigenvalue weighted by atomic mass is 9.87. The van der Waals surface area contributed by atoms with E-state index >= 15 is 0 Å². The highest BCUT2D eigenvalue weighted by Crippen LogP contribution is 2.21. The number of hydrogen-bond donors (Lipinski definition) is 1. The van der Waals surface area contributed by atoms with Crippen LogP contribution in [0, 0.1) is 11.8 Å². The first-order valence-electron chi connectivity index (χ1n) is 5.64. The second-order valence-electron chi connectivity index (χ2n) is 5.17. The summed E-state index contributed by atoms with van der Waals surface area (Å²) in [6.45, 7) is 14.8. The van der Waals surface area contributed by atoms with E-state index in [1.165, 1.54) is 12.8 Å². The average molecular weight is 185 g/mol. The predicted molar refractivity (Wildman–Crippen MR) is 61.0 cm³/mol. The fourth-order valence-corrected chi connectivity index (χ4v) is 1.49. The zero-order chi connectivity index (χ0) is 10.5. The molecule has 0 aliphatic rings. The maximum atomic E-state index is 3.52. The van der Waals surface area contributed by atoms with Gasteiger partial charge in [0.05, 0.1) is 0 Å². The molecule has 1 N–H and O–H groups in total. The van der Waals surface area contributed by atoms with E-state index in [1.54, 1.807) is 0 Å². The minimum Gasteiger partial charge on any atom is -0.312 e. The third-order valence-electron chi connectivity index (χ3n) is 3.02. The normalized spacial score (nSPS) is 15.0. The van der Waals surface area contributed by atoms with Crippen molar-refractivity contribution >= 4 is 0 Å². The van der Waals surface area contributed by atoms with Crippen molar-refractivity contribution in [1.82, 2.24) is 5.32 Å². The molecule has 0 aliphatic carbocycles. The average Bonchev–Trinajstić information content (AvgIpc) is 2.00. The highest BCUT2D eigenvalue weighted by atomic mass is 14.9. The van der Waals surface area contributed by atoms with E-state index < -0.39 is 0 Å². The number of hydrogen-bond acceptors (Lipinski definition) is 1. The summed E-state index contributed by atoms with van der Waals surface area (Å²) < 4.78 is 0. The second kappa shape index (κ2) is 5.64.